The van der Waals surface area contributed by atoms with Gasteiger partial charge in [-0.05, 0) is 66.1 Å². The molecule has 4 heterocycles. The Morgan fingerprint density at radius 2 is 1.61 bits per heavy atom. The van der Waals surface area contributed by atoms with Crippen molar-refractivity contribution >= 4 is 45.5 Å². The lowest BCUT2D eigenvalue weighted by Crippen LogP contribution is -2.50. The van der Waals surface area contributed by atoms with Gasteiger partial charge in [0.15, 0.2) is 5.78 Å². The Hall–Kier alpha value is -5.89. The van der Waals surface area contributed by atoms with Crippen LogP contribution in [0.25, 0.3) is 32.3 Å². The lowest BCUT2D eigenvalue weighted by atomic mass is 9.77. The summed E-state index contributed by atoms with van der Waals surface area (Å²) in [7, 11) is 6.75. The number of aliphatic hydroxyl groups is 1. The fraction of sp³-hybridized carbons (Fsp3) is 0.491. The summed E-state index contributed by atoms with van der Waals surface area (Å²) in [6, 6.07) is 12.7. The first-order valence-corrected chi connectivity index (χ1v) is 24.8. The Balaban J connectivity index is 0.852. The van der Waals surface area contributed by atoms with Crippen LogP contribution in [-0.2, 0) is 53.5 Å². The fourth-order valence-corrected chi connectivity index (χ4v) is 9.57. The lowest BCUT2D eigenvalue weighted by Gasteiger charge is -2.34. The molecule has 1 aliphatic rings. The summed E-state index contributed by atoms with van der Waals surface area (Å²) < 4.78 is 30.0. The van der Waals surface area contributed by atoms with Crippen molar-refractivity contribution < 1.29 is 48.0 Å². The average molecular weight is 997 g/mol. The number of aryl methyl sites for hydroxylation is 2. The molecule has 2 aromatic carbocycles. The first-order chi connectivity index (χ1) is 34.0. The number of pyridine rings is 2. The predicted molar refractivity (Wildman–Crippen MR) is 271 cm³/mol. The van der Waals surface area contributed by atoms with E-state index in [2.05, 4.69) is 15.3 Å². The number of rotatable bonds is 26. The molecule has 0 saturated carbocycles. The van der Waals surface area contributed by atoms with Crippen LogP contribution in [-0.4, -0.2) is 139 Å². The third-order valence-corrected chi connectivity index (χ3v) is 13.6. The molecule has 17 nitrogen and oxygen atoms in total. The largest absolute Gasteiger partial charge is 0.496 e. The molecule has 2 N–H and O–H groups in total. The number of benzene rings is 2. The molecule has 1 saturated heterocycles. The first kappa shape index (κ1) is 54.4. The van der Waals surface area contributed by atoms with E-state index in [0.717, 1.165) is 43.8 Å². The van der Waals surface area contributed by atoms with E-state index >= 15 is 0 Å². The van der Waals surface area contributed by atoms with Crippen molar-refractivity contribution in [2.75, 3.05) is 74.0 Å². The monoisotopic (exact) mass is 996 g/mol. The van der Waals surface area contributed by atoms with Gasteiger partial charge in [-0.3, -0.25) is 33.9 Å². The van der Waals surface area contributed by atoms with Crippen LogP contribution in [0, 0.1) is 18.3 Å². The smallest absolute Gasteiger partial charge is 0.259 e. The molecule has 0 bridgehead atoms. The van der Waals surface area contributed by atoms with Gasteiger partial charge in [0.05, 0.1) is 80.3 Å². The highest BCUT2D eigenvalue weighted by atomic mass is 32.1. The van der Waals surface area contributed by atoms with Gasteiger partial charge in [0.2, 0.25) is 11.8 Å². The second-order valence-electron chi connectivity index (χ2n) is 19.1. The number of carbonyl (C=O) groups excluding carboxylic acids is 4. The van der Waals surface area contributed by atoms with Gasteiger partial charge in [-0.1, -0.05) is 45.0 Å². The van der Waals surface area contributed by atoms with Gasteiger partial charge in [0.25, 0.3) is 5.56 Å². The maximum atomic E-state index is 14.0. The molecule has 6 rings (SSSR count). The van der Waals surface area contributed by atoms with Crippen molar-refractivity contribution in [2.45, 2.75) is 78.6 Å². The van der Waals surface area contributed by atoms with Crippen molar-refractivity contribution in [3.63, 3.8) is 0 Å². The number of hydrogen-bond acceptors (Lipinski definition) is 15. The van der Waals surface area contributed by atoms with Crippen molar-refractivity contribution in [1.29, 1.82) is 0 Å². The number of likely N-dealkylation sites (N-methyl/N-ethyl adjacent to an activating group) is 1. The normalized spacial score (nSPS) is 15.3. The third-order valence-electron chi connectivity index (χ3n) is 12.6. The van der Waals surface area contributed by atoms with Crippen molar-refractivity contribution in [3.05, 3.63) is 93.7 Å². The van der Waals surface area contributed by atoms with Gasteiger partial charge in [-0.15, -0.1) is 11.3 Å². The Labute approximate surface area is 419 Å². The number of methoxy groups -OCH3 is 2. The van der Waals surface area contributed by atoms with Gasteiger partial charge < -0.3 is 43.6 Å². The molecule has 18 heteroatoms. The number of amides is 2. The molecular weight excluding hydrogens is 929 g/mol. The molecule has 1 unspecified atom stereocenters. The number of β-amino-alcohol motifs (C(OH)–C–C–N with tert-alkyl or cyclic N) is 1. The van der Waals surface area contributed by atoms with E-state index in [1.807, 2.05) is 87.6 Å². The van der Waals surface area contributed by atoms with Crippen LogP contribution in [0.1, 0.15) is 63.3 Å². The number of aliphatic hydroxyl groups excluding tert-OH is 1. The third kappa shape index (κ3) is 14.6. The van der Waals surface area contributed by atoms with Crippen molar-refractivity contribution in [2.24, 2.45) is 18.4 Å². The van der Waals surface area contributed by atoms with E-state index in [4.69, 9.17) is 23.7 Å². The van der Waals surface area contributed by atoms with E-state index in [0.29, 0.717) is 56.1 Å². The quantitative estimate of drug-likeness (QED) is 0.0632. The van der Waals surface area contributed by atoms with Gasteiger partial charge in [0.1, 0.15) is 29.9 Å². The number of Topliss-reactive ketones (excluding diaryl/α,β-unsaturated/α-hetero) is 2. The molecule has 3 aromatic heterocycles. The van der Waals surface area contributed by atoms with Crippen molar-refractivity contribution in [3.8, 4) is 33.1 Å². The minimum Gasteiger partial charge on any atom is -0.496 e. The van der Waals surface area contributed by atoms with Crippen LogP contribution >= 0.6 is 11.3 Å². The van der Waals surface area contributed by atoms with E-state index in [1.54, 1.807) is 51.2 Å². The SMILES string of the molecule is COc1cc(-c2cn(C)c(=O)c3cnccc23)cc(OC)c1CN(C)CC(=O)CCCOCCOCCOCC(=O)C[C@@H](C(=O)N1C[C@@H](O)CC1C(=O)NCc1ccc(-c2scnc2C)cc1)C(C)(C)C. The summed E-state index contributed by atoms with van der Waals surface area (Å²) in [5, 5.41) is 14.8. The predicted octanol–water partition coefficient (Wildman–Crippen LogP) is 5.78. The number of likely N-dealkylation sites (tertiary alicyclic amines) is 1. The number of fused-ring (bicyclic) bond motifs is 1. The van der Waals surface area contributed by atoms with E-state index in [1.165, 1.54) is 9.47 Å². The minimum atomic E-state index is -0.857. The molecule has 0 aliphatic carbocycles. The second kappa shape index (κ2) is 25.5. The zero-order valence-electron chi connectivity index (χ0n) is 42.2. The number of ether oxygens (including phenoxy) is 5. The Bertz CT molecular complexity index is 2650. The maximum absolute atomic E-state index is 14.0. The number of nitrogens with zero attached hydrogens (tertiary/aromatic N) is 5. The summed E-state index contributed by atoms with van der Waals surface area (Å²) in [5.74, 6) is -0.424. The van der Waals surface area contributed by atoms with E-state index < -0.39 is 23.5 Å². The van der Waals surface area contributed by atoms with Crippen LogP contribution in [0.3, 0.4) is 0 Å². The molecule has 71 heavy (non-hydrogen) atoms. The molecular formula is C53H68N6O11S. The van der Waals surface area contributed by atoms with Gasteiger partial charge in [-0.25, -0.2) is 4.98 Å². The van der Waals surface area contributed by atoms with Crippen LogP contribution in [0.4, 0.5) is 0 Å². The molecule has 382 valence electrons. The summed E-state index contributed by atoms with van der Waals surface area (Å²) in [4.78, 5) is 79.1. The minimum absolute atomic E-state index is 0.0116. The highest BCUT2D eigenvalue weighted by Crippen LogP contribution is 2.38. The number of hydrogen-bond donors (Lipinski definition) is 2. The standard InChI is InChI=1S/C53H68N6O11S/c1-34-49(71-33-56-34)36-13-11-35(12-14-36)26-55-50(63)46-25-39(61)29-59(46)52(65)45(53(2,3)4)24-40(62)32-70-21-20-69-19-18-68-17-9-10-38(60)28-57(5)30-44-47(66-7)22-37(23-48(44)67-8)43-31-58(6)51(64)42-27-54-16-15-41(42)43/h11-16,22-23,27,31,33,39,45-46,61H,9-10,17-21,24-26,28-30,32H2,1-8H3,(H,55,63)/t39-,45-,46?/m0/s1. The molecule has 1 aliphatic heterocycles. The van der Waals surface area contributed by atoms with Crippen LogP contribution in [0.2, 0.25) is 0 Å². The lowest BCUT2D eigenvalue weighted by molar-refractivity contribution is -0.146. The van der Waals surface area contributed by atoms with Crippen molar-refractivity contribution in [1.82, 2.24) is 29.7 Å². The number of aromatic nitrogens is 3. The fourth-order valence-electron chi connectivity index (χ4n) is 8.76. The van der Waals surface area contributed by atoms with E-state index in [9.17, 15) is 29.1 Å². The molecule has 1 fully saturated rings. The highest BCUT2D eigenvalue weighted by Gasteiger charge is 2.44. The average Bonchev–Trinajstić information content (AvgIpc) is 3.97. The van der Waals surface area contributed by atoms with E-state index in [-0.39, 0.29) is 81.2 Å². The molecule has 2 amide bonds. The zero-order chi connectivity index (χ0) is 51.2. The Morgan fingerprint density at radius 3 is 2.25 bits per heavy atom. The van der Waals surface area contributed by atoms with Gasteiger partial charge in [-0.2, -0.15) is 0 Å². The molecule has 0 spiro atoms. The molecule has 3 atom stereocenters. The second-order valence-corrected chi connectivity index (χ2v) is 19.9. The van der Waals surface area contributed by atoms with Crippen LogP contribution < -0.4 is 20.3 Å². The number of carbonyl (C=O) groups is 4. The summed E-state index contributed by atoms with van der Waals surface area (Å²) in [6.45, 7) is 9.75. The topological polar surface area (TPSA) is 201 Å². The van der Waals surface area contributed by atoms with Crippen LogP contribution in [0.15, 0.2) is 71.4 Å². The summed E-state index contributed by atoms with van der Waals surface area (Å²) >= 11 is 1.57. The summed E-state index contributed by atoms with van der Waals surface area (Å²) in [5.41, 5.74) is 6.42. The Morgan fingerprint density at radius 1 is 0.930 bits per heavy atom. The Kier molecular flexibility index (Phi) is 19.5. The maximum Gasteiger partial charge on any atom is 0.259 e. The first-order valence-electron chi connectivity index (χ1n) is 23.9. The number of thiazole rings is 1. The number of nitrogens with one attached hydrogen (secondary N) is 1. The highest BCUT2D eigenvalue weighted by molar-refractivity contribution is 7.13. The molecule has 0 radical (unpaired) electrons. The van der Waals surface area contributed by atoms with Gasteiger partial charge >= 0.3 is 0 Å². The van der Waals surface area contributed by atoms with Crippen LogP contribution in [0.5, 0.6) is 11.5 Å². The zero-order valence-corrected chi connectivity index (χ0v) is 43.0. The molecule has 5 aromatic rings. The van der Waals surface area contributed by atoms with Gasteiger partial charge in [0, 0.05) is 82.6 Å². The number of ketones is 2. The summed E-state index contributed by atoms with van der Waals surface area (Å²) in [6.07, 6.45) is 5.10.